The molecule has 0 radical (unpaired) electrons. The van der Waals surface area contributed by atoms with Crippen LogP contribution in [0.1, 0.15) is 36.0 Å². The third-order valence-corrected chi connectivity index (χ3v) is 4.83. The second kappa shape index (κ2) is 9.48. The Morgan fingerprint density at radius 3 is 2.72 bits per heavy atom. The highest BCUT2D eigenvalue weighted by molar-refractivity contribution is 5.98. The van der Waals surface area contributed by atoms with Crippen LogP contribution in [-0.4, -0.2) is 46.2 Å². The molecule has 0 bridgehead atoms. The van der Waals surface area contributed by atoms with E-state index in [4.69, 9.17) is 16.6 Å². The zero-order chi connectivity index (χ0) is 20.8. The number of aromatic nitrogens is 2. The lowest BCUT2D eigenvalue weighted by molar-refractivity contribution is 0.100. The van der Waals surface area contributed by atoms with E-state index in [0.29, 0.717) is 18.1 Å². The molecule has 1 fully saturated rings. The Morgan fingerprint density at radius 1 is 1.28 bits per heavy atom. The minimum absolute atomic E-state index is 0.0103. The lowest BCUT2D eigenvalue weighted by atomic mass is 9.91. The molecule has 2 atom stereocenters. The Hall–Kier alpha value is -2.98. The number of hydrogen-bond acceptors (Lipinski definition) is 8. The van der Waals surface area contributed by atoms with Crippen molar-refractivity contribution >= 4 is 29.0 Å². The quantitative estimate of drug-likeness (QED) is 0.388. The van der Waals surface area contributed by atoms with E-state index in [1.165, 1.54) is 6.20 Å². The Kier molecular flexibility index (Phi) is 6.78. The van der Waals surface area contributed by atoms with Crippen molar-refractivity contribution in [2.24, 2.45) is 11.5 Å². The molecule has 1 amide bonds. The average Bonchev–Trinajstić information content (AvgIpc) is 2.71. The van der Waals surface area contributed by atoms with Crippen molar-refractivity contribution < 1.29 is 14.3 Å². The van der Waals surface area contributed by atoms with Crippen LogP contribution in [-0.2, 0) is 0 Å². The first kappa shape index (κ1) is 20.7. The number of aliphatic hydroxyl groups is 1. The molecule has 156 valence electrons. The predicted octanol–water partition coefficient (Wildman–Crippen LogP) is 1.54. The van der Waals surface area contributed by atoms with Gasteiger partial charge >= 0.3 is 0 Å². The summed E-state index contributed by atoms with van der Waals surface area (Å²) >= 11 is 0. The maximum Gasteiger partial charge on any atom is 0.252 e. The van der Waals surface area contributed by atoms with Crippen LogP contribution in [0.2, 0.25) is 0 Å². The zero-order valence-electron chi connectivity index (χ0n) is 16.0. The fourth-order valence-corrected chi connectivity index (χ4v) is 3.28. The number of amides is 1. The van der Waals surface area contributed by atoms with Gasteiger partial charge in [0.2, 0.25) is 0 Å². The highest BCUT2D eigenvalue weighted by Gasteiger charge is 2.24. The van der Waals surface area contributed by atoms with Crippen molar-refractivity contribution in [3.63, 3.8) is 0 Å². The number of anilines is 4. The third-order valence-electron chi connectivity index (χ3n) is 4.83. The summed E-state index contributed by atoms with van der Waals surface area (Å²) in [7, 11) is 0. The number of aliphatic hydroxyl groups excluding tert-OH is 1. The lowest BCUT2D eigenvalue weighted by Gasteiger charge is -2.30. The molecule has 0 spiro atoms. The average molecular weight is 403 g/mol. The first-order valence-corrected chi connectivity index (χ1v) is 9.58. The maximum atomic E-state index is 14.5. The summed E-state index contributed by atoms with van der Waals surface area (Å²) in [4.78, 5) is 20.2. The second-order valence-electron chi connectivity index (χ2n) is 6.99. The van der Waals surface area contributed by atoms with Crippen LogP contribution in [0.5, 0.6) is 0 Å². The molecule has 8 N–H and O–H groups in total. The topological polar surface area (TPSA) is 151 Å². The zero-order valence-corrected chi connectivity index (χ0v) is 16.0. The number of nitrogens with zero attached hydrogens (tertiary/aromatic N) is 2. The summed E-state index contributed by atoms with van der Waals surface area (Å²) < 4.78 is 14.5. The largest absolute Gasteiger partial charge is 0.395 e. The number of primary amides is 1. The van der Waals surface area contributed by atoms with Gasteiger partial charge in [-0.05, 0) is 31.0 Å². The molecule has 9 nitrogen and oxygen atoms in total. The fraction of sp³-hybridized carbons (Fsp3) is 0.421. The van der Waals surface area contributed by atoms with E-state index >= 15 is 0 Å². The van der Waals surface area contributed by atoms with E-state index in [9.17, 15) is 9.18 Å². The smallest absolute Gasteiger partial charge is 0.252 e. The highest BCUT2D eigenvalue weighted by atomic mass is 19.1. The lowest BCUT2D eigenvalue weighted by Crippen LogP contribution is -2.43. The van der Waals surface area contributed by atoms with Gasteiger partial charge < -0.3 is 32.5 Å². The Morgan fingerprint density at radius 2 is 2.07 bits per heavy atom. The molecule has 0 aromatic carbocycles. The fourth-order valence-electron chi connectivity index (χ4n) is 3.28. The van der Waals surface area contributed by atoms with Crippen molar-refractivity contribution in [1.29, 1.82) is 0 Å². The van der Waals surface area contributed by atoms with Crippen LogP contribution in [0, 0.1) is 5.82 Å². The first-order valence-electron chi connectivity index (χ1n) is 9.58. The molecule has 1 saturated carbocycles. The summed E-state index contributed by atoms with van der Waals surface area (Å²) in [5.74, 6) is -0.726. The SMILES string of the molecule is NC(=O)c1cc(F)c(NC2CCCCC2N)nc1Nc1ccc(NCCO)nc1. The maximum absolute atomic E-state index is 14.5. The molecule has 2 heterocycles. The van der Waals surface area contributed by atoms with Crippen LogP contribution < -0.4 is 27.4 Å². The van der Waals surface area contributed by atoms with Gasteiger partial charge in [0.25, 0.3) is 5.91 Å². The molecule has 10 heteroatoms. The van der Waals surface area contributed by atoms with Crippen molar-refractivity contribution in [3.8, 4) is 0 Å². The van der Waals surface area contributed by atoms with Gasteiger partial charge in [-0.2, -0.15) is 0 Å². The number of rotatable bonds is 8. The van der Waals surface area contributed by atoms with Gasteiger partial charge in [0.05, 0.1) is 24.1 Å². The molecule has 0 aliphatic heterocycles. The molecular weight excluding hydrogens is 377 g/mol. The van der Waals surface area contributed by atoms with E-state index < -0.39 is 11.7 Å². The van der Waals surface area contributed by atoms with Crippen molar-refractivity contribution in [2.45, 2.75) is 37.8 Å². The summed E-state index contributed by atoms with van der Waals surface area (Å²) in [5, 5.41) is 17.8. The van der Waals surface area contributed by atoms with E-state index in [1.54, 1.807) is 12.1 Å². The van der Waals surface area contributed by atoms with Gasteiger partial charge in [0, 0.05) is 18.6 Å². The van der Waals surface area contributed by atoms with Gasteiger partial charge in [-0.15, -0.1) is 0 Å². The number of carbonyl (C=O) groups is 1. The number of nitrogens with two attached hydrogens (primary N) is 2. The van der Waals surface area contributed by atoms with Crippen LogP contribution in [0.15, 0.2) is 24.4 Å². The Balaban J connectivity index is 1.83. The van der Waals surface area contributed by atoms with Crippen molar-refractivity contribution in [2.75, 3.05) is 29.1 Å². The molecule has 2 unspecified atom stereocenters. The molecule has 29 heavy (non-hydrogen) atoms. The van der Waals surface area contributed by atoms with Gasteiger partial charge in [-0.25, -0.2) is 14.4 Å². The normalized spacial score (nSPS) is 18.9. The number of carbonyl (C=O) groups excluding carboxylic acids is 1. The van der Waals surface area contributed by atoms with E-state index in [0.717, 1.165) is 31.7 Å². The molecule has 1 aliphatic rings. The minimum atomic E-state index is -0.797. The van der Waals surface area contributed by atoms with E-state index in [2.05, 4.69) is 25.9 Å². The van der Waals surface area contributed by atoms with Crippen LogP contribution in [0.25, 0.3) is 0 Å². The second-order valence-corrected chi connectivity index (χ2v) is 6.99. The molecule has 2 aromatic heterocycles. The number of nitrogens with one attached hydrogen (secondary N) is 3. The van der Waals surface area contributed by atoms with Crippen molar-refractivity contribution in [1.82, 2.24) is 9.97 Å². The number of pyridine rings is 2. The van der Waals surface area contributed by atoms with Crippen molar-refractivity contribution in [3.05, 3.63) is 35.8 Å². The summed E-state index contributed by atoms with van der Waals surface area (Å²) in [6, 6.07) is 4.31. The molecule has 3 rings (SSSR count). The first-order chi connectivity index (χ1) is 14.0. The van der Waals surface area contributed by atoms with Crippen LogP contribution >= 0.6 is 0 Å². The Labute approximate surface area is 168 Å². The van der Waals surface area contributed by atoms with Gasteiger partial charge in [-0.1, -0.05) is 12.8 Å². The van der Waals surface area contributed by atoms with Gasteiger partial charge in [0.1, 0.15) is 11.6 Å². The standard InChI is InChI=1S/C19H26FN7O2/c20-13-9-12(17(22)29)18(25-11-5-6-16(24-10-11)23-7-8-28)27-19(13)26-15-4-2-1-3-14(15)21/h5-6,9-10,14-15,28H,1-4,7-8,21H2,(H2,22,29)(H,23,24)(H2,25,26,27). The van der Waals surface area contributed by atoms with Crippen LogP contribution in [0.4, 0.5) is 27.5 Å². The van der Waals surface area contributed by atoms with Crippen LogP contribution in [0.3, 0.4) is 0 Å². The predicted molar refractivity (Wildman–Crippen MR) is 110 cm³/mol. The molecular formula is C19H26FN7O2. The summed E-state index contributed by atoms with van der Waals surface area (Å²) in [5.41, 5.74) is 12.0. The van der Waals surface area contributed by atoms with Gasteiger partial charge in [-0.3, -0.25) is 4.79 Å². The summed E-state index contributed by atoms with van der Waals surface area (Å²) in [6.45, 7) is 0.368. The Bertz CT molecular complexity index is 847. The molecule has 2 aromatic rings. The number of hydrogen-bond donors (Lipinski definition) is 6. The molecule has 1 aliphatic carbocycles. The van der Waals surface area contributed by atoms with Gasteiger partial charge in [0.15, 0.2) is 11.6 Å². The monoisotopic (exact) mass is 403 g/mol. The number of halogens is 1. The highest BCUT2D eigenvalue weighted by Crippen LogP contribution is 2.26. The minimum Gasteiger partial charge on any atom is -0.395 e. The third kappa shape index (κ3) is 5.30. The van der Waals surface area contributed by atoms with E-state index in [1.807, 2.05) is 0 Å². The summed E-state index contributed by atoms with van der Waals surface area (Å²) in [6.07, 6.45) is 5.29. The molecule has 0 saturated heterocycles. The van der Waals surface area contributed by atoms with E-state index in [-0.39, 0.29) is 35.9 Å².